The third kappa shape index (κ3) is 2.68. The summed E-state index contributed by atoms with van der Waals surface area (Å²) >= 11 is 0. The SMILES string of the molecule is CC(CNC1CCCC1)N1CC2CCCC2C1. The van der Waals surface area contributed by atoms with E-state index in [0.717, 1.165) is 23.9 Å². The molecule has 1 heterocycles. The van der Waals surface area contributed by atoms with Crippen molar-refractivity contribution in [1.29, 1.82) is 0 Å². The van der Waals surface area contributed by atoms with Gasteiger partial charge in [-0.15, -0.1) is 0 Å². The van der Waals surface area contributed by atoms with Gasteiger partial charge in [0.2, 0.25) is 0 Å². The Balaban J connectivity index is 1.42. The second kappa shape index (κ2) is 5.27. The van der Waals surface area contributed by atoms with Gasteiger partial charge in [-0.25, -0.2) is 0 Å². The van der Waals surface area contributed by atoms with Gasteiger partial charge in [0.25, 0.3) is 0 Å². The molecule has 3 unspecified atom stereocenters. The van der Waals surface area contributed by atoms with E-state index < -0.39 is 0 Å². The van der Waals surface area contributed by atoms with Crippen LogP contribution in [0.4, 0.5) is 0 Å². The summed E-state index contributed by atoms with van der Waals surface area (Å²) in [5.74, 6) is 2.09. The Bertz CT molecular complexity index is 235. The summed E-state index contributed by atoms with van der Waals surface area (Å²) in [5.41, 5.74) is 0. The minimum absolute atomic E-state index is 0.751. The average molecular weight is 236 g/mol. The van der Waals surface area contributed by atoms with Crippen molar-refractivity contribution in [1.82, 2.24) is 10.2 Å². The van der Waals surface area contributed by atoms with Crippen LogP contribution in [0.2, 0.25) is 0 Å². The Kier molecular flexibility index (Phi) is 3.72. The zero-order valence-electron chi connectivity index (χ0n) is 11.3. The maximum Gasteiger partial charge on any atom is 0.0192 e. The lowest BCUT2D eigenvalue weighted by molar-refractivity contribution is 0.228. The molecule has 17 heavy (non-hydrogen) atoms. The van der Waals surface area contributed by atoms with Crippen LogP contribution in [-0.2, 0) is 0 Å². The van der Waals surface area contributed by atoms with Gasteiger partial charge in [-0.3, -0.25) is 4.90 Å². The van der Waals surface area contributed by atoms with Crippen LogP contribution in [0, 0.1) is 11.8 Å². The molecule has 3 rings (SSSR count). The Morgan fingerprint density at radius 2 is 1.65 bits per heavy atom. The van der Waals surface area contributed by atoms with Gasteiger partial charge >= 0.3 is 0 Å². The van der Waals surface area contributed by atoms with Gasteiger partial charge in [-0.05, 0) is 44.4 Å². The van der Waals surface area contributed by atoms with E-state index in [-0.39, 0.29) is 0 Å². The minimum Gasteiger partial charge on any atom is -0.312 e. The van der Waals surface area contributed by atoms with Crippen molar-refractivity contribution in [3.8, 4) is 0 Å². The number of nitrogens with one attached hydrogen (secondary N) is 1. The normalized spacial score (nSPS) is 36.5. The smallest absolute Gasteiger partial charge is 0.0192 e. The molecule has 0 spiro atoms. The lowest BCUT2D eigenvalue weighted by atomic mass is 10.0. The van der Waals surface area contributed by atoms with E-state index in [1.165, 1.54) is 64.6 Å². The quantitative estimate of drug-likeness (QED) is 0.807. The molecule has 2 aliphatic carbocycles. The average Bonchev–Trinajstić information content (AvgIpc) is 3.01. The highest BCUT2D eigenvalue weighted by Gasteiger charge is 2.37. The van der Waals surface area contributed by atoms with Gasteiger partial charge in [-0.2, -0.15) is 0 Å². The highest BCUT2D eigenvalue weighted by Crippen LogP contribution is 2.38. The Hall–Kier alpha value is -0.0800. The van der Waals surface area contributed by atoms with E-state index in [1.54, 1.807) is 0 Å². The molecule has 0 bridgehead atoms. The topological polar surface area (TPSA) is 15.3 Å². The number of hydrogen-bond donors (Lipinski definition) is 1. The van der Waals surface area contributed by atoms with Crippen molar-refractivity contribution >= 4 is 0 Å². The second-order valence-electron chi connectivity index (χ2n) is 6.64. The summed E-state index contributed by atoms with van der Waals surface area (Å²) in [5, 5.41) is 3.78. The van der Waals surface area contributed by atoms with Crippen LogP contribution in [0.5, 0.6) is 0 Å². The highest BCUT2D eigenvalue weighted by molar-refractivity contribution is 4.91. The van der Waals surface area contributed by atoms with Crippen LogP contribution in [0.15, 0.2) is 0 Å². The summed E-state index contributed by atoms with van der Waals surface area (Å²) in [6, 6.07) is 1.58. The molecule has 1 N–H and O–H groups in total. The maximum atomic E-state index is 3.78. The minimum atomic E-state index is 0.751. The summed E-state index contributed by atoms with van der Waals surface area (Å²) in [4.78, 5) is 2.75. The first-order valence-corrected chi connectivity index (χ1v) is 7.80. The monoisotopic (exact) mass is 236 g/mol. The molecule has 0 aromatic rings. The van der Waals surface area contributed by atoms with Gasteiger partial charge in [0.1, 0.15) is 0 Å². The summed E-state index contributed by atoms with van der Waals surface area (Å²) in [7, 11) is 0. The van der Waals surface area contributed by atoms with E-state index in [2.05, 4.69) is 17.1 Å². The van der Waals surface area contributed by atoms with Crippen LogP contribution >= 0.6 is 0 Å². The van der Waals surface area contributed by atoms with E-state index in [4.69, 9.17) is 0 Å². The van der Waals surface area contributed by atoms with Crippen LogP contribution in [0.25, 0.3) is 0 Å². The molecule has 0 aromatic carbocycles. The van der Waals surface area contributed by atoms with Crippen LogP contribution in [-0.4, -0.2) is 36.6 Å². The first-order chi connectivity index (χ1) is 8.33. The van der Waals surface area contributed by atoms with E-state index in [0.29, 0.717) is 0 Å². The lowest BCUT2D eigenvalue weighted by Crippen LogP contribution is -2.42. The fraction of sp³-hybridized carbons (Fsp3) is 1.00. The predicted octanol–water partition coefficient (Wildman–Crippen LogP) is 2.64. The van der Waals surface area contributed by atoms with Crippen molar-refractivity contribution in [3.63, 3.8) is 0 Å². The summed E-state index contributed by atoms with van der Waals surface area (Å²) < 4.78 is 0. The largest absolute Gasteiger partial charge is 0.312 e. The van der Waals surface area contributed by atoms with Crippen LogP contribution < -0.4 is 5.32 Å². The van der Waals surface area contributed by atoms with Crippen LogP contribution in [0.1, 0.15) is 51.9 Å². The van der Waals surface area contributed by atoms with Crippen molar-refractivity contribution in [2.75, 3.05) is 19.6 Å². The van der Waals surface area contributed by atoms with Crippen molar-refractivity contribution in [2.45, 2.75) is 64.0 Å². The third-order valence-electron chi connectivity index (χ3n) is 5.43. The summed E-state index contributed by atoms with van der Waals surface area (Å²) in [6.45, 7) is 6.41. The molecular formula is C15H28N2. The molecule has 98 valence electrons. The Labute approximate surface area is 106 Å². The van der Waals surface area contributed by atoms with Gasteiger partial charge in [-0.1, -0.05) is 19.3 Å². The van der Waals surface area contributed by atoms with E-state index in [9.17, 15) is 0 Å². The number of rotatable bonds is 4. The molecule has 2 saturated carbocycles. The molecule has 2 nitrogen and oxygen atoms in total. The molecule has 0 amide bonds. The maximum absolute atomic E-state index is 3.78. The fourth-order valence-electron chi connectivity index (χ4n) is 4.23. The van der Waals surface area contributed by atoms with Gasteiger partial charge in [0.05, 0.1) is 0 Å². The van der Waals surface area contributed by atoms with Crippen LogP contribution in [0.3, 0.4) is 0 Å². The molecule has 1 saturated heterocycles. The summed E-state index contributed by atoms with van der Waals surface area (Å²) in [6.07, 6.45) is 10.2. The fourth-order valence-corrected chi connectivity index (χ4v) is 4.23. The molecule has 2 heteroatoms. The Morgan fingerprint density at radius 3 is 2.29 bits per heavy atom. The number of hydrogen-bond acceptors (Lipinski definition) is 2. The van der Waals surface area contributed by atoms with Crippen molar-refractivity contribution in [2.24, 2.45) is 11.8 Å². The van der Waals surface area contributed by atoms with E-state index in [1.807, 2.05) is 0 Å². The van der Waals surface area contributed by atoms with Gasteiger partial charge in [0.15, 0.2) is 0 Å². The zero-order valence-corrected chi connectivity index (χ0v) is 11.3. The van der Waals surface area contributed by atoms with Crippen molar-refractivity contribution < 1.29 is 0 Å². The molecule has 1 aliphatic heterocycles. The molecule has 0 aromatic heterocycles. The number of fused-ring (bicyclic) bond motifs is 1. The first kappa shape index (κ1) is 12.0. The first-order valence-electron chi connectivity index (χ1n) is 7.80. The zero-order chi connectivity index (χ0) is 11.7. The molecule has 3 fully saturated rings. The van der Waals surface area contributed by atoms with Crippen molar-refractivity contribution in [3.05, 3.63) is 0 Å². The number of likely N-dealkylation sites (tertiary alicyclic amines) is 1. The van der Waals surface area contributed by atoms with Gasteiger partial charge in [0, 0.05) is 31.7 Å². The number of nitrogens with zero attached hydrogens (tertiary/aromatic N) is 1. The molecular weight excluding hydrogens is 208 g/mol. The van der Waals surface area contributed by atoms with E-state index >= 15 is 0 Å². The third-order valence-corrected chi connectivity index (χ3v) is 5.43. The standard InChI is InChI=1S/C15H28N2/c1-12(9-16-15-7-2-3-8-15)17-10-13-5-4-6-14(13)11-17/h12-16H,2-11H2,1H3. The predicted molar refractivity (Wildman–Crippen MR) is 72.1 cm³/mol. The molecule has 3 aliphatic rings. The molecule has 3 atom stereocenters. The Morgan fingerprint density at radius 1 is 1.00 bits per heavy atom. The van der Waals surface area contributed by atoms with Gasteiger partial charge < -0.3 is 5.32 Å². The lowest BCUT2D eigenvalue weighted by Gasteiger charge is -2.26. The molecule has 0 radical (unpaired) electrons. The second-order valence-corrected chi connectivity index (χ2v) is 6.64. The highest BCUT2D eigenvalue weighted by atomic mass is 15.2.